The van der Waals surface area contributed by atoms with Gasteiger partial charge in [0.15, 0.2) is 5.82 Å². The maximum absolute atomic E-state index is 4.65. The van der Waals surface area contributed by atoms with Crippen LogP contribution < -0.4 is 10.2 Å². The van der Waals surface area contributed by atoms with Gasteiger partial charge in [0.05, 0.1) is 4.47 Å². The smallest absolute Gasteiger partial charge is 0.224 e. The Bertz CT molecular complexity index is 559. The van der Waals surface area contributed by atoms with E-state index in [2.05, 4.69) is 67.3 Å². The maximum atomic E-state index is 4.65. The van der Waals surface area contributed by atoms with Crippen molar-refractivity contribution in [2.24, 2.45) is 0 Å². The molecule has 21 heavy (non-hydrogen) atoms. The summed E-state index contributed by atoms with van der Waals surface area (Å²) in [6.45, 7) is 5.97. The van der Waals surface area contributed by atoms with Crippen molar-refractivity contribution in [3.8, 4) is 0 Å². The highest BCUT2D eigenvalue weighted by Crippen LogP contribution is 2.30. The minimum Gasteiger partial charge on any atom is -0.354 e. The van der Waals surface area contributed by atoms with Gasteiger partial charge < -0.3 is 10.2 Å². The van der Waals surface area contributed by atoms with Crippen molar-refractivity contribution in [3.63, 3.8) is 0 Å². The highest BCUT2D eigenvalue weighted by Gasteiger charge is 2.15. The number of nitrogens with zero attached hydrogens (tertiary/aromatic N) is 3. The quantitative estimate of drug-likeness (QED) is 0.793. The molecule has 2 rings (SSSR count). The number of benzene rings is 1. The molecule has 0 unspecified atom stereocenters. The third kappa shape index (κ3) is 4.17. The molecular weight excluding hydrogens is 328 g/mol. The van der Waals surface area contributed by atoms with Crippen LogP contribution in [0.5, 0.6) is 0 Å². The largest absolute Gasteiger partial charge is 0.354 e. The van der Waals surface area contributed by atoms with Gasteiger partial charge in [-0.25, -0.2) is 4.98 Å². The Hall–Kier alpha value is -1.62. The summed E-state index contributed by atoms with van der Waals surface area (Å²) in [5.41, 5.74) is 1.15. The van der Waals surface area contributed by atoms with Gasteiger partial charge in [0.2, 0.25) is 5.95 Å². The predicted octanol–water partition coefficient (Wildman–Crippen LogP) is 4.61. The molecule has 0 aliphatic heterocycles. The van der Waals surface area contributed by atoms with Crippen molar-refractivity contribution >= 4 is 33.4 Å². The summed E-state index contributed by atoms with van der Waals surface area (Å²) in [4.78, 5) is 11.2. The maximum Gasteiger partial charge on any atom is 0.224 e. The van der Waals surface area contributed by atoms with Crippen LogP contribution in [0.25, 0.3) is 0 Å². The molecule has 1 aromatic heterocycles. The Morgan fingerprint density at radius 2 is 1.95 bits per heavy atom. The molecule has 1 aromatic carbocycles. The van der Waals surface area contributed by atoms with E-state index in [0.29, 0.717) is 5.95 Å². The number of halogens is 1. The van der Waals surface area contributed by atoms with Gasteiger partial charge in [-0.3, -0.25) is 0 Å². The lowest BCUT2D eigenvalue weighted by atomic mass is 10.2. The number of hydrogen-bond acceptors (Lipinski definition) is 4. The summed E-state index contributed by atoms with van der Waals surface area (Å²) >= 11 is 3.58. The Morgan fingerprint density at radius 1 is 1.19 bits per heavy atom. The molecule has 112 valence electrons. The van der Waals surface area contributed by atoms with Crippen LogP contribution in [0.4, 0.5) is 17.5 Å². The Kier molecular flexibility index (Phi) is 5.99. The lowest BCUT2D eigenvalue weighted by Crippen LogP contribution is -2.21. The van der Waals surface area contributed by atoms with Crippen LogP contribution in [0, 0.1) is 0 Å². The lowest BCUT2D eigenvalue weighted by Gasteiger charge is -2.25. The number of hydrogen-bond donors (Lipinski definition) is 1. The van der Waals surface area contributed by atoms with Crippen molar-refractivity contribution in [2.75, 3.05) is 23.3 Å². The van der Waals surface area contributed by atoms with Gasteiger partial charge in [-0.05, 0) is 41.4 Å². The molecule has 2 aromatic rings. The van der Waals surface area contributed by atoms with Gasteiger partial charge in [0.25, 0.3) is 0 Å². The molecule has 0 amide bonds. The number of nitrogens with one attached hydrogen (secondary N) is 1. The van der Waals surface area contributed by atoms with Crippen LogP contribution in [0.3, 0.4) is 0 Å². The zero-order valence-electron chi connectivity index (χ0n) is 12.5. The minimum atomic E-state index is 0.660. The second kappa shape index (κ2) is 7.98. The molecule has 0 aliphatic carbocycles. The van der Waals surface area contributed by atoms with E-state index in [4.69, 9.17) is 0 Å². The van der Waals surface area contributed by atoms with E-state index in [-0.39, 0.29) is 0 Å². The first-order valence-electron chi connectivity index (χ1n) is 7.35. The van der Waals surface area contributed by atoms with Crippen molar-refractivity contribution < 1.29 is 0 Å². The molecule has 5 heteroatoms. The van der Waals surface area contributed by atoms with E-state index in [0.717, 1.165) is 41.9 Å². The van der Waals surface area contributed by atoms with Crippen LogP contribution in [-0.2, 0) is 0 Å². The number of rotatable bonds is 7. The number of aromatic nitrogens is 2. The second-order valence-corrected chi connectivity index (χ2v) is 5.59. The Labute approximate surface area is 134 Å². The lowest BCUT2D eigenvalue weighted by molar-refractivity contribution is 0.777. The van der Waals surface area contributed by atoms with Crippen molar-refractivity contribution in [1.82, 2.24) is 9.97 Å². The number of unbranched alkanes of at least 4 members (excludes halogenated alkanes) is 1. The number of anilines is 3. The molecule has 0 spiro atoms. The monoisotopic (exact) mass is 348 g/mol. The van der Waals surface area contributed by atoms with Gasteiger partial charge in [-0.2, -0.15) is 4.98 Å². The number of para-hydroxylation sites is 1. The average Bonchev–Trinajstić information content (AvgIpc) is 2.52. The molecule has 0 radical (unpaired) electrons. The molecule has 0 bridgehead atoms. The molecule has 0 saturated heterocycles. The SMILES string of the molecule is CCCCN(c1ccccc1)c1nc(NCC)ncc1Br. The highest BCUT2D eigenvalue weighted by molar-refractivity contribution is 9.10. The van der Waals surface area contributed by atoms with E-state index in [1.54, 1.807) is 0 Å². The van der Waals surface area contributed by atoms with E-state index < -0.39 is 0 Å². The molecule has 0 aliphatic rings. The standard InChI is InChI=1S/C16H21BrN4/c1-3-5-11-21(13-9-7-6-8-10-13)15-14(17)12-19-16(20-15)18-4-2/h6-10,12H,3-5,11H2,1-2H3,(H,18,19,20). The fourth-order valence-corrected chi connectivity index (χ4v) is 2.48. The van der Waals surface area contributed by atoms with Crippen molar-refractivity contribution in [2.45, 2.75) is 26.7 Å². The van der Waals surface area contributed by atoms with Gasteiger partial charge in [-0.1, -0.05) is 31.5 Å². The highest BCUT2D eigenvalue weighted by atomic mass is 79.9. The molecule has 1 heterocycles. The minimum absolute atomic E-state index is 0.660. The van der Waals surface area contributed by atoms with E-state index in [1.165, 1.54) is 0 Å². The molecular formula is C16H21BrN4. The van der Waals surface area contributed by atoms with E-state index in [9.17, 15) is 0 Å². The first kappa shape index (κ1) is 15.8. The van der Waals surface area contributed by atoms with Crippen LogP contribution >= 0.6 is 15.9 Å². The normalized spacial score (nSPS) is 10.4. The second-order valence-electron chi connectivity index (χ2n) is 4.74. The Morgan fingerprint density at radius 3 is 2.62 bits per heavy atom. The zero-order valence-corrected chi connectivity index (χ0v) is 14.1. The molecule has 0 saturated carbocycles. The van der Waals surface area contributed by atoms with E-state index >= 15 is 0 Å². The molecule has 4 nitrogen and oxygen atoms in total. The van der Waals surface area contributed by atoms with Gasteiger partial charge in [0.1, 0.15) is 0 Å². The van der Waals surface area contributed by atoms with Gasteiger partial charge in [0, 0.05) is 25.0 Å². The first-order valence-corrected chi connectivity index (χ1v) is 8.14. The molecule has 0 atom stereocenters. The third-order valence-corrected chi connectivity index (χ3v) is 3.68. The molecule has 1 N–H and O–H groups in total. The van der Waals surface area contributed by atoms with Crippen LogP contribution in [0.15, 0.2) is 41.0 Å². The first-order chi connectivity index (χ1) is 10.3. The van der Waals surface area contributed by atoms with Gasteiger partial charge in [-0.15, -0.1) is 0 Å². The van der Waals surface area contributed by atoms with E-state index in [1.807, 2.05) is 19.2 Å². The summed E-state index contributed by atoms with van der Waals surface area (Å²) < 4.78 is 0.907. The average molecular weight is 349 g/mol. The topological polar surface area (TPSA) is 41.1 Å². The summed E-state index contributed by atoms with van der Waals surface area (Å²) in [5, 5.41) is 3.17. The summed E-state index contributed by atoms with van der Waals surface area (Å²) in [6.07, 6.45) is 4.07. The summed E-state index contributed by atoms with van der Waals surface area (Å²) in [5.74, 6) is 1.56. The van der Waals surface area contributed by atoms with Gasteiger partial charge >= 0.3 is 0 Å². The Balaban J connectivity index is 2.38. The van der Waals surface area contributed by atoms with Crippen LogP contribution in [0.1, 0.15) is 26.7 Å². The molecule has 0 fully saturated rings. The fourth-order valence-electron chi connectivity index (χ4n) is 2.07. The summed E-state index contributed by atoms with van der Waals surface area (Å²) in [7, 11) is 0. The third-order valence-electron chi connectivity index (χ3n) is 3.12. The zero-order chi connectivity index (χ0) is 15.1. The fraction of sp³-hybridized carbons (Fsp3) is 0.375. The van der Waals surface area contributed by atoms with Crippen molar-refractivity contribution in [1.29, 1.82) is 0 Å². The summed E-state index contributed by atoms with van der Waals surface area (Å²) in [6, 6.07) is 10.3. The predicted molar refractivity (Wildman–Crippen MR) is 92.3 cm³/mol. The van der Waals surface area contributed by atoms with Crippen molar-refractivity contribution in [3.05, 3.63) is 41.0 Å². The van der Waals surface area contributed by atoms with Crippen LogP contribution in [-0.4, -0.2) is 23.1 Å². The van der Waals surface area contributed by atoms with Crippen LogP contribution in [0.2, 0.25) is 0 Å².